The van der Waals surface area contributed by atoms with E-state index in [1.807, 2.05) is 24.3 Å². The Morgan fingerprint density at radius 1 is 0.909 bits per heavy atom. The van der Waals surface area contributed by atoms with E-state index in [-0.39, 0.29) is 0 Å². The highest BCUT2D eigenvalue weighted by Gasteiger charge is 2.06. The first kappa shape index (κ1) is 14.0. The number of carbonyl (C=O) groups excluding carboxylic acids is 1. The minimum absolute atomic E-state index is 0.416. The second kappa shape index (κ2) is 5.82. The fraction of sp³-hybridized carbons (Fsp3) is 0.0526. The summed E-state index contributed by atoms with van der Waals surface area (Å²) in [5.41, 5.74) is 11.2. The van der Waals surface area contributed by atoms with E-state index in [0.29, 0.717) is 5.56 Å². The van der Waals surface area contributed by atoms with Gasteiger partial charge in [-0.05, 0) is 41.3 Å². The van der Waals surface area contributed by atoms with Gasteiger partial charge in [0, 0.05) is 18.0 Å². The number of carbonyl (C=O) groups is 1. The van der Waals surface area contributed by atoms with Crippen molar-refractivity contribution in [1.29, 1.82) is 0 Å². The topological polar surface area (TPSA) is 56.0 Å². The molecule has 0 saturated heterocycles. The van der Waals surface area contributed by atoms with Gasteiger partial charge in [0.25, 0.3) is 0 Å². The predicted molar refractivity (Wildman–Crippen MR) is 88.4 cm³/mol. The average molecular weight is 288 g/mol. The third kappa shape index (κ3) is 2.74. The molecule has 0 saturated carbocycles. The molecule has 0 radical (unpaired) electrons. The molecule has 2 aromatic carbocycles. The first-order valence-electron chi connectivity index (χ1n) is 7.06. The van der Waals surface area contributed by atoms with Gasteiger partial charge in [-0.2, -0.15) is 0 Å². The van der Waals surface area contributed by atoms with Gasteiger partial charge in [0.1, 0.15) is 0 Å². The summed E-state index contributed by atoms with van der Waals surface area (Å²) in [5.74, 6) is -0.468. The summed E-state index contributed by atoms with van der Waals surface area (Å²) in [6.07, 6.45) is 3.22. The van der Waals surface area contributed by atoms with Crippen LogP contribution in [-0.2, 0) is 0 Å². The van der Waals surface area contributed by atoms with E-state index in [4.69, 9.17) is 5.73 Å². The van der Waals surface area contributed by atoms with Gasteiger partial charge in [-0.1, -0.05) is 42.5 Å². The monoisotopic (exact) mass is 288 g/mol. The third-order valence-corrected chi connectivity index (χ3v) is 3.67. The number of aryl methyl sites for hydroxylation is 1. The Morgan fingerprint density at radius 2 is 1.68 bits per heavy atom. The Kier molecular flexibility index (Phi) is 3.71. The Bertz CT molecular complexity index is 840. The summed E-state index contributed by atoms with van der Waals surface area (Å²) in [6, 6.07) is 18.2. The summed E-state index contributed by atoms with van der Waals surface area (Å²) in [5, 5.41) is 0. The first-order chi connectivity index (χ1) is 10.6. The highest BCUT2D eigenvalue weighted by atomic mass is 16.1. The molecule has 22 heavy (non-hydrogen) atoms. The maximum Gasteiger partial charge on any atom is 0.250 e. The fourth-order valence-corrected chi connectivity index (χ4v) is 2.50. The van der Waals surface area contributed by atoms with Crippen LogP contribution in [0.15, 0.2) is 67.0 Å². The van der Waals surface area contributed by atoms with Crippen molar-refractivity contribution in [2.45, 2.75) is 6.92 Å². The molecule has 0 unspecified atom stereocenters. The molecule has 108 valence electrons. The smallest absolute Gasteiger partial charge is 0.250 e. The molecule has 2 N–H and O–H groups in total. The number of rotatable bonds is 3. The van der Waals surface area contributed by atoms with E-state index in [1.165, 1.54) is 17.3 Å². The van der Waals surface area contributed by atoms with Crippen molar-refractivity contribution in [1.82, 2.24) is 4.98 Å². The summed E-state index contributed by atoms with van der Waals surface area (Å²) in [6.45, 7) is 2.09. The molecule has 1 amide bonds. The molecule has 3 aromatic rings. The van der Waals surface area contributed by atoms with E-state index in [9.17, 15) is 4.79 Å². The maximum absolute atomic E-state index is 11.3. The van der Waals surface area contributed by atoms with Crippen molar-refractivity contribution in [3.05, 3.63) is 78.1 Å². The van der Waals surface area contributed by atoms with Crippen LogP contribution in [0.4, 0.5) is 0 Å². The van der Waals surface area contributed by atoms with Crippen LogP contribution >= 0.6 is 0 Å². The summed E-state index contributed by atoms with van der Waals surface area (Å²) >= 11 is 0. The number of primary amides is 1. The zero-order chi connectivity index (χ0) is 15.5. The van der Waals surface area contributed by atoms with Crippen molar-refractivity contribution in [3.8, 4) is 22.3 Å². The summed E-state index contributed by atoms with van der Waals surface area (Å²) in [7, 11) is 0. The highest BCUT2D eigenvalue weighted by molar-refractivity contribution is 5.93. The van der Waals surface area contributed by atoms with Crippen molar-refractivity contribution in [2.75, 3.05) is 0 Å². The quantitative estimate of drug-likeness (QED) is 0.796. The van der Waals surface area contributed by atoms with E-state index < -0.39 is 5.91 Å². The molecule has 0 atom stereocenters. The molecule has 1 aromatic heterocycles. The Morgan fingerprint density at radius 3 is 2.45 bits per heavy atom. The van der Waals surface area contributed by atoms with Crippen LogP contribution in [-0.4, -0.2) is 10.9 Å². The zero-order valence-corrected chi connectivity index (χ0v) is 12.3. The lowest BCUT2D eigenvalue weighted by atomic mass is 9.96. The van der Waals surface area contributed by atoms with Crippen LogP contribution in [0.25, 0.3) is 22.3 Å². The lowest BCUT2D eigenvalue weighted by Crippen LogP contribution is -2.11. The fourth-order valence-electron chi connectivity index (χ4n) is 2.50. The minimum atomic E-state index is -0.468. The second-order valence-corrected chi connectivity index (χ2v) is 5.22. The summed E-state index contributed by atoms with van der Waals surface area (Å²) < 4.78 is 0. The lowest BCUT2D eigenvalue weighted by molar-refractivity contribution is 0.1000. The molecule has 0 bridgehead atoms. The number of benzene rings is 2. The molecule has 3 nitrogen and oxygen atoms in total. The molecule has 3 rings (SSSR count). The van der Waals surface area contributed by atoms with Gasteiger partial charge >= 0.3 is 0 Å². The Labute approximate surface area is 129 Å². The molecule has 0 aliphatic heterocycles. The number of amides is 1. The number of nitrogens with zero attached hydrogens (tertiary/aromatic N) is 1. The molecule has 1 heterocycles. The van der Waals surface area contributed by atoms with Gasteiger partial charge in [0.15, 0.2) is 0 Å². The average Bonchev–Trinajstić information content (AvgIpc) is 2.55. The van der Waals surface area contributed by atoms with Crippen LogP contribution < -0.4 is 5.73 Å². The SMILES string of the molecule is Cc1ccccc1-c1cccc(-c2cncc(C(N)=O)c2)c1. The standard InChI is InChI=1S/C19H16N2O/c1-13-5-2-3-8-18(13)15-7-4-6-14(9-15)16-10-17(19(20)22)12-21-11-16/h2-12H,1H3,(H2,20,22). The van der Waals surface area contributed by atoms with Crippen LogP contribution in [0.5, 0.6) is 0 Å². The van der Waals surface area contributed by atoms with E-state index in [0.717, 1.165) is 16.7 Å². The van der Waals surface area contributed by atoms with Gasteiger partial charge in [-0.25, -0.2) is 0 Å². The van der Waals surface area contributed by atoms with Gasteiger partial charge in [-0.15, -0.1) is 0 Å². The van der Waals surface area contributed by atoms with Crippen LogP contribution in [0.3, 0.4) is 0 Å². The maximum atomic E-state index is 11.3. The van der Waals surface area contributed by atoms with Crippen molar-refractivity contribution in [3.63, 3.8) is 0 Å². The van der Waals surface area contributed by atoms with Crippen molar-refractivity contribution >= 4 is 5.91 Å². The molecular formula is C19H16N2O. The normalized spacial score (nSPS) is 10.4. The van der Waals surface area contributed by atoms with Crippen LogP contribution in [0, 0.1) is 6.92 Å². The number of nitrogens with two attached hydrogens (primary N) is 1. The predicted octanol–water partition coefficient (Wildman–Crippen LogP) is 3.82. The van der Waals surface area contributed by atoms with Gasteiger partial charge in [0.2, 0.25) is 5.91 Å². The Hall–Kier alpha value is -2.94. The number of aromatic nitrogens is 1. The number of hydrogen-bond donors (Lipinski definition) is 1. The van der Waals surface area contributed by atoms with Gasteiger partial charge < -0.3 is 5.73 Å². The lowest BCUT2D eigenvalue weighted by Gasteiger charge is -2.09. The molecule has 0 aliphatic carbocycles. The third-order valence-electron chi connectivity index (χ3n) is 3.67. The van der Waals surface area contributed by atoms with E-state index in [2.05, 4.69) is 36.2 Å². The largest absolute Gasteiger partial charge is 0.366 e. The highest BCUT2D eigenvalue weighted by Crippen LogP contribution is 2.28. The van der Waals surface area contributed by atoms with Crippen molar-refractivity contribution < 1.29 is 4.79 Å². The van der Waals surface area contributed by atoms with Crippen molar-refractivity contribution in [2.24, 2.45) is 5.73 Å². The second-order valence-electron chi connectivity index (χ2n) is 5.22. The summed E-state index contributed by atoms with van der Waals surface area (Å²) in [4.78, 5) is 15.4. The van der Waals surface area contributed by atoms with E-state index >= 15 is 0 Å². The Balaban J connectivity index is 2.07. The molecular weight excluding hydrogens is 272 g/mol. The molecule has 0 aliphatic rings. The number of pyridine rings is 1. The minimum Gasteiger partial charge on any atom is -0.366 e. The molecule has 0 spiro atoms. The van der Waals surface area contributed by atoms with E-state index in [1.54, 1.807) is 12.3 Å². The number of hydrogen-bond acceptors (Lipinski definition) is 2. The molecule has 0 fully saturated rings. The van der Waals surface area contributed by atoms with Gasteiger partial charge in [-0.3, -0.25) is 9.78 Å². The zero-order valence-electron chi connectivity index (χ0n) is 12.3. The van der Waals surface area contributed by atoms with Crippen LogP contribution in [0.2, 0.25) is 0 Å². The first-order valence-corrected chi connectivity index (χ1v) is 7.06. The van der Waals surface area contributed by atoms with Crippen LogP contribution in [0.1, 0.15) is 15.9 Å². The van der Waals surface area contributed by atoms with Gasteiger partial charge in [0.05, 0.1) is 5.56 Å². The molecule has 3 heteroatoms.